The van der Waals surface area contributed by atoms with Crippen LogP contribution in [-0.2, 0) is 11.2 Å². The topological polar surface area (TPSA) is 67.3 Å². The fraction of sp³-hybridized carbons (Fsp3) is 0.353. The zero-order valence-electron chi connectivity index (χ0n) is 14.0. The van der Waals surface area contributed by atoms with Crippen LogP contribution in [0.25, 0.3) is 0 Å². The number of aromatic nitrogens is 2. The number of carbonyl (C=O) groups excluding carboxylic acids is 1. The van der Waals surface area contributed by atoms with Crippen molar-refractivity contribution in [1.29, 1.82) is 0 Å². The summed E-state index contributed by atoms with van der Waals surface area (Å²) in [5, 5.41) is 3.29. The third-order valence-electron chi connectivity index (χ3n) is 3.70. The van der Waals surface area contributed by atoms with Gasteiger partial charge in [-0.25, -0.2) is 0 Å². The summed E-state index contributed by atoms with van der Waals surface area (Å²) < 4.78 is 5.09. The molecule has 1 heterocycles. The molecular weight excluding hydrogens is 328 g/mol. The van der Waals surface area contributed by atoms with Crippen LogP contribution in [0, 0.1) is 0 Å². The van der Waals surface area contributed by atoms with Crippen molar-refractivity contribution in [2.24, 2.45) is 0 Å². The van der Waals surface area contributed by atoms with E-state index in [-0.39, 0.29) is 18.5 Å². The maximum Gasteiger partial charge on any atom is 0.238 e. The minimum absolute atomic E-state index is 0.107. The lowest BCUT2D eigenvalue weighted by atomic mass is 10.1. The average molecular weight is 349 g/mol. The van der Waals surface area contributed by atoms with E-state index in [0.29, 0.717) is 16.5 Å². The number of nitrogens with zero attached hydrogens (tertiary/aromatic N) is 3. The third-order valence-corrected chi connectivity index (χ3v) is 4.00. The number of hydrogen-bond acceptors (Lipinski definition) is 5. The zero-order chi connectivity index (χ0) is 17.5. The van der Waals surface area contributed by atoms with Gasteiger partial charge in [0, 0.05) is 36.7 Å². The van der Waals surface area contributed by atoms with E-state index >= 15 is 0 Å². The van der Waals surface area contributed by atoms with Gasteiger partial charge in [-0.1, -0.05) is 11.6 Å². The Morgan fingerprint density at radius 3 is 2.83 bits per heavy atom. The van der Waals surface area contributed by atoms with E-state index < -0.39 is 0 Å². The summed E-state index contributed by atoms with van der Waals surface area (Å²) in [5.74, 6) is 0.467. The Labute approximate surface area is 146 Å². The van der Waals surface area contributed by atoms with Gasteiger partial charge in [0.05, 0.1) is 24.4 Å². The van der Waals surface area contributed by atoms with Crippen LogP contribution in [0.15, 0.2) is 36.8 Å². The molecule has 2 aromatic rings. The van der Waals surface area contributed by atoms with Crippen molar-refractivity contribution < 1.29 is 9.53 Å². The minimum atomic E-state index is -0.107. The van der Waals surface area contributed by atoms with Crippen LogP contribution in [0.5, 0.6) is 5.75 Å². The number of rotatable bonds is 7. The predicted molar refractivity (Wildman–Crippen MR) is 94.5 cm³/mol. The maximum atomic E-state index is 12.2. The van der Waals surface area contributed by atoms with Crippen molar-refractivity contribution in [1.82, 2.24) is 14.9 Å². The number of halogens is 1. The Balaban J connectivity index is 1.88. The van der Waals surface area contributed by atoms with Crippen molar-refractivity contribution in [3.05, 3.63) is 47.5 Å². The van der Waals surface area contributed by atoms with E-state index in [0.717, 1.165) is 12.1 Å². The van der Waals surface area contributed by atoms with E-state index in [1.54, 1.807) is 43.9 Å². The summed E-state index contributed by atoms with van der Waals surface area (Å²) in [5.41, 5.74) is 1.54. The molecule has 1 amide bonds. The largest absolute Gasteiger partial charge is 0.495 e. The van der Waals surface area contributed by atoms with E-state index in [4.69, 9.17) is 16.3 Å². The van der Waals surface area contributed by atoms with Gasteiger partial charge < -0.3 is 10.1 Å². The molecule has 2 rings (SSSR count). The molecule has 0 unspecified atom stereocenters. The number of benzene rings is 1. The Kier molecular flexibility index (Phi) is 6.52. The predicted octanol–water partition coefficient (Wildman–Crippen LogP) is 2.64. The molecule has 24 heavy (non-hydrogen) atoms. The van der Waals surface area contributed by atoms with Crippen LogP contribution in [0.4, 0.5) is 5.69 Å². The third kappa shape index (κ3) is 5.18. The van der Waals surface area contributed by atoms with Crippen LogP contribution < -0.4 is 10.1 Å². The van der Waals surface area contributed by atoms with E-state index in [9.17, 15) is 4.79 Å². The first-order chi connectivity index (χ1) is 11.5. The molecule has 128 valence electrons. The average Bonchev–Trinajstić information content (AvgIpc) is 2.55. The molecule has 6 nitrogen and oxygen atoms in total. The normalized spacial score (nSPS) is 12.0. The van der Waals surface area contributed by atoms with Gasteiger partial charge in [-0.3, -0.25) is 19.7 Å². The highest BCUT2D eigenvalue weighted by molar-refractivity contribution is 6.32. The SMILES string of the molecule is COc1ccc(NC(=O)CN(C)[C@H](C)Cc2cnccn2)cc1Cl. The van der Waals surface area contributed by atoms with Crippen LogP contribution >= 0.6 is 11.6 Å². The number of carbonyl (C=O) groups is 1. The van der Waals surface area contributed by atoms with Gasteiger partial charge in [0.1, 0.15) is 5.75 Å². The molecule has 1 N–H and O–H groups in total. The highest BCUT2D eigenvalue weighted by Crippen LogP contribution is 2.27. The van der Waals surface area contributed by atoms with Crippen molar-refractivity contribution >= 4 is 23.2 Å². The van der Waals surface area contributed by atoms with Gasteiger partial charge >= 0.3 is 0 Å². The molecule has 1 aromatic heterocycles. The summed E-state index contributed by atoms with van der Waals surface area (Å²) in [6.07, 6.45) is 5.78. The lowest BCUT2D eigenvalue weighted by molar-refractivity contribution is -0.117. The summed E-state index contributed by atoms with van der Waals surface area (Å²) in [4.78, 5) is 22.5. The molecule has 0 radical (unpaired) electrons. The number of likely N-dealkylation sites (N-methyl/N-ethyl adjacent to an activating group) is 1. The number of anilines is 1. The van der Waals surface area contributed by atoms with Crippen LogP contribution in [-0.4, -0.2) is 47.5 Å². The molecule has 1 atom stereocenters. The molecule has 0 spiro atoms. The monoisotopic (exact) mass is 348 g/mol. The van der Waals surface area contributed by atoms with Crippen LogP contribution in [0.1, 0.15) is 12.6 Å². The second-order valence-electron chi connectivity index (χ2n) is 5.56. The second kappa shape index (κ2) is 8.61. The summed E-state index contributed by atoms with van der Waals surface area (Å²) in [6.45, 7) is 2.32. The Bertz CT molecular complexity index is 682. The highest BCUT2D eigenvalue weighted by Gasteiger charge is 2.15. The molecule has 0 aliphatic rings. The molecule has 0 fully saturated rings. The van der Waals surface area contributed by atoms with Gasteiger partial charge in [0.15, 0.2) is 0 Å². The highest BCUT2D eigenvalue weighted by atomic mass is 35.5. The smallest absolute Gasteiger partial charge is 0.238 e. The molecule has 0 saturated heterocycles. The summed E-state index contributed by atoms with van der Waals surface area (Å²) >= 11 is 6.06. The van der Waals surface area contributed by atoms with Crippen molar-refractivity contribution in [2.45, 2.75) is 19.4 Å². The van der Waals surface area contributed by atoms with Gasteiger partial charge in [-0.05, 0) is 32.2 Å². The van der Waals surface area contributed by atoms with Gasteiger partial charge in [0.25, 0.3) is 0 Å². The molecular formula is C17H21ClN4O2. The zero-order valence-corrected chi connectivity index (χ0v) is 14.7. The quantitative estimate of drug-likeness (QED) is 0.833. The van der Waals surface area contributed by atoms with Crippen molar-refractivity contribution in [3.8, 4) is 5.75 Å². The lowest BCUT2D eigenvalue weighted by Crippen LogP contribution is -2.37. The van der Waals surface area contributed by atoms with E-state index in [1.165, 1.54) is 0 Å². The molecule has 0 bridgehead atoms. The van der Waals surface area contributed by atoms with E-state index in [1.807, 2.05) is 18.9 Å². The summed E-state index contributed by atoms with van der Waals surface area (Å²) in [7, 11) is 3.45. The van der Waals surface area contributed by atoms with E-state index in [2.05, 4.69) is 15.3 Å². The fourth-order valence-electron chi connectivity index (χ4n) is 2.22. The summed E-state index contributed by atoms with van der Waals surface area (Å²) in [6, 6.07) is 5.30. The Morgan fingerprint density at radius 1 is 1.42 bits per heavy atom. The molecule has 7 heteroatoms. The second-order valence-corrected chi connectivity index (χ2v) is 5.97. The van der Waals surface area contributed by atoms with Crippen molar-refractivity contribution in [2.75, 3.05) is 26.0 Å². The molecule has 0 saturated carbocycles. The van der Waals surface area contributed by atoms with Gasteiger partial charge in [-0.15, -0.1) is 0 Å². The Morgan fingerprint density at radius 2 is 2.21 bits per heavy atom. The number of amides is 1. The minimum Gasteiger partial charge on any atom is -0.495 e. The molecule has 1 aromatic carbocycles. The molecule has 0 aliphatic heterocycles. The maximum absolute atomic E-state index is 12.2. The first kappa shape index (κ1) is 18.2. The van der Waals surface area contributed by atoms with Gasteiger partial charge in [-0.2, -0.15) is 0 Å². The van der Waals surface area contributed by atoms with Gasteiger partial charge in [0.2, 0.25) is 5.91 Å². The number of hydrogen-bond donors (Lipinski definition) is 1. The number of nitrogens with one attached hydrogen (secondary N) is 1. The van der Waals surface area contributed by atoms with Crippen LogP contribution in [0.3, 0.4) is 0 Å². The molecule has 0 aliphatic carbocycles. The standard InChI is InChI=1S/C17H21ClN4O2/c1-12(8-14-10-19-6-7-20-14)22(2)11-17(23)21-13-4-5-16(24-3)15(18)9-13/h4-7,9-10,12H,8,11H2,1-3H3,(H,21,23)/t12-/m1/s1. The van der Waals surface area contributed by atoms with Crippen LogP contribution in [0.2, 0.25) is 5.02 Å². The first-order valence-corrected chi connectivity index (χ1v) is 7.96. The lowest BCUT2D eigenvalue weighted by Gasteiger charge is -2.23. The number of methoxy groups -OCH3 is 1. The van der Waals surface area contributed by atoms with Crippen molar-refractivity contribution in [3.63, 3.8) is 0 Å². The first-order valence-electron chi connectivity index (χ1n) is 7.58. The number of ether oxygens (including phenoxy) is 1. The Hall–Kier alpha value is -2.18. The fourth-order valence-corrected chi connectivity index (χ4v) is 2.48.